The molecule has 1 aromatic rings. The van der Waals surface area contributed by atoms with Crippen LogP contribution in [0, 0.1) is 18.5 Å². The van der Waals surface area contributed by atoms with Crippen molar-refractivity contribution in [2.24, 2.45) is 5.10 Å². The third kappa shape index (κ3) is 4.94. The van der Waals surface area contributed by atoms with Gasteiger partial charge in [0, 0.05) is 21.2 Å². The molecule has 0 heterocycles. The molecule has 0 saturated carbocycles. The number of hydrazone groups is 1. The third-order valence-corrected chi connectivity index (χ3v) is 3.77. The Morgan fingerprint density at radius 3 is 2.53 bits per heavy atom. The monoisotopic (exact) mass is 482 g/mol. The van der Waals surface area contributed by atoms with Crippen molar-refractivity contribution < 1.29 is 4.79 Å². The van der Waals surface area contributed by atoms with Crippen LogP contribution in [0.15, 0.2) is 17.2 Å². The summed E-state index contributed by atoms with van der Waals surface area (Å²) in [5.41, 5.74) is 4.36. The first kappa shape index (κ1) is 16.2. The van der Waals surface area contributed by atoms with Crippen LogP contribution < -0.4 is 10.3 Å². The van der Waals surface area contributed by atoms with E-state index >= 15 is 0 Å². The standard InChI is InChI=1S/C12H12I2N4O/c1-18(2)12-9(13)5-8(6-10(12)14)7-16-17-11(19)3-4-15/h5-7H,3H2,1-2H3,(H,17,19)/b16-7-. The summed E-state index contributed by atoms with van der Waals surface area (Å²) in [6.45, 7) is 0. The Morgan fingerprint density at radius 1 is 1.47 bits per heavy atom. The molecule has 0 radical (unpaired) electrons. The first-order chi connectivity index (χ1) is 8.95. The molecule has 1 N–H and O–H groups in total. The van der Waals surface area contributed by atoms with E-state index in [9.17, 15) is 4.79 Å². The van der Waals surface area contributed by atoms with Crippen LogP contribution in [-0.2, 0) is 4.79 Å². The Hall–Kier alpha value is -0.890. The number of nitriles is 1. The Morgan fingerprint density at radius 2 is 2.05 bits per heavy atom. The predicted octanol–water partition coefficient (Wildman–Crippen LogP) is 2.33. The molecular weight excluding hydrogens is 470 g/mol. The van der Waals surface area contributed by atoms with Crippen molar-refractivity contribution in [2.75, 3.05) is 19.0 Å². The van der Waals surface area contributed by atoms with Crippen LogP contribution in [0.4, 0.5) is 5.69 Å². The second-order valence-electron chi connectivity index (χ2n) is 3.86. The quantitative estimate of drug-likeness (QED) is 0.407. The number of anilines is 1. The second-order valence-corrected chi connectivity index (χ2v) is 6.18. The van der Waals surface area contributed by atoms with Crippen LogP contribution in [0.25, 0.3) is 0 Å². The van der Waals surface area contributed by atoms with Gasteiger partial charge in [0.15, 0.2) is 0 Å². The van der Waals surface area contributed by atoms with Gasteiger partial charge >= 0.3 is 0 Å². The zero-order valence-corrected chi connectivity index (χ0v) is 14.8. The minimum Gasteiger partial charge on any atom is -0.376 e. The maximum Gasteiger partial charge on any atom is 0.254 e. The van der Waals surface area contributed by atoms with E-state index in [0.29, 0.717) is 0 Å². The van der Waals surface area contributed by atoms with E-state index in [1.807, 2.05) is 26.2 Å². The molecule has 0 bridgehead atoms. The summed E-state index contributed by atoms with van der Waals surface area (Å²) in [7, 11) is 3.99. The SMILES string of the molecule is CN(C)c1c(I)cc(/C=N\NC(=O)CC#N)cc1I. The molecule has 5 nitrogen and oxygen atoms in total. The normalized spacial score (nSPS) is 10.3. The van der Waals surface area contributed by atoms with E-state index in [1.165, 1.54) is 0 Å². The van der Waals surface area contributed by atoms with Gasteiger partial charge in [0.25, 0.3) is 5.91 Å². The van der Waals surface area contributed by atoms with E-state index in [4.69, 9.17) is 5.26 Å². The summed E-state index contributed by atoms with van der Waals surface area (Å²) in [6.07, 6.45) is 1.38. The van der Waals surface area contributed by atoms with Gasteiger partial charge in [-0.05, 0) is 62.9 Å². The second kappa shape index (κ2) is 7.64. The van der Waals surface area contributed by atoms with E-state index < -0.39 is 5.91 Å². The fourth-order valence-corrected chi connectivity index (χ4v) is 4.16. The molecule has 0 aromatic heterocycles. The highest BCUT2D eigenvalue weighted by molar-refractivity contribution is 14.1. The highest BCUT2D eigenvalue weighted by atomic mass is 127. The molecule has 0 fully saturated rings. The van der Waals surface area contributed by atoms with E-state index in [-0.39, 0.29) is 6.42 Å². The van der Waals surface area contributed by atoms with Crippen molar-refractivity contribution >= 4 is 63.0 Å². The highest BCUT2D eigenvalue weighted by Gasteiger charge is 2.08. The molecule has 0 aliphatic heterocycles. The Balaban J connectivity index is 2.84. The lowest BCUT2D eigenvalue weighted by molar-refractivity contribution is -0.120. The first-order valence-electron chi connectivity index (χ1n) is 5.31. The fraction of sp³-hybridized carbons (Fsp3) is 0.250. The smallest absolute Gasteiger partial charge is 0.254 e. The summed E-state index contributed by atoms with van der Waals surface area (Å²) < 4.78 is 2.22. The van der Waals surface area contributed by atoms with Gasteiger partial charge in [-0.1, -0.05) is 0 Å². The Labute approximate surface area is 139 Å². The number of benzene rings is 1. The summed E-state index contributed by atoms with van der Waals surface area (Å²) in [5, 5.41) is 12.2. The fourth-order valence-electron chi connectivity index (χ4n) is 1.38. The number of carbonyl (C=O) groups is 1. The molecule has 0 aliphatic carbocycles. The van der Waals surface area contributed by atoms with Crippen molar-refractivity contribution in [1.29, 1.82) is 5.26 Å². The molecule has 1 aromatic carbocycles. The molecule has 100 valence electrons. The number of carbonyl (C=O) groups excluding carboxylic acids is 1. The first-order valence-corrected chi connectivity index (χ1v) is 7.46. The van der Waals surface area contributed by atoms with Gasteiger partial charge in [-0.15, -0.1) is 0 Å². The molecule has 0 aliphatic rings. The Bertz CT molecular complexity index is 526. The predicted molar refractivity (Wildman–Crippen MR) is 92.2 cm³/mol. The molecule has 0 unspecified atom stereocenters. The van der Waals surface area contributed by atoms with E-state index in [0.717, 1.165) is 18.4 Å². The van der Waals surface area contributed by atoms with Crippen LogP contribution in [0.1, 0.15) is 12.0 Å². The highest BCUT2D eigenvalue weighted by Crippen LogP contribution is 2.28. The van der Waals surface area contributed by atoms with Crippen LogP contribution in [0.2, 0.25) is 0 Å². The molecule has 0 saturated heterocycles. The van der Waals surface area contributed by atoms with Gasteiger partial charge in [-0.2, -0.15) is 10.4 Å². The lowest BCUT2D eigenvalue weighted by Gasteiger charge is -2.17. The zero-order valence-electron chi connectivity index (χ0n) is 10.4. The topological polar surface area (TPSA) is 68.5 Å². The summed E-state index contributed by atoms with van der Waals surface area (Å²) in [4.78, 5) is 13.1. The number of nitrogens with one attached hydrogen (secondary N) is 1. The lowest BCUT2D eigenvalue weighted by Crippen LogP contribution is -2.16. The van der Waals surface area contributed by atoms with Gasteiger partial charge in [-0.3, -0.25) is 4.79 Å². The summed E-state index contributed by atoms with van der Waals surface area (Å²) in [6, 6.07) is 5.73. The molecular formula is C12H12I2N4O. The third-order valence-electron chi connectivity index (χ3n) is 2.13. The van der Waals surface area contributed by atoms with Crippen molar-refractivity contribution in [3.05, 3.63) is 24.8 Å². The summed E-state index contributed by atoms with van der Waals surface area (Å²) in [5.74, 6) is -0.409. The number of hydrogen-bond acceptors (Lipinski definition) is 4. The van der Waals surface area contributed by atoms with E-state index in [2.05, 4.69) is 60.6 Å². The van der Waals surface area contributed by atoms with Gasteiger partial charge in [0.1, 0.15) is 6.42 Å². The number of rotatable bonds is 4. The minimum atomic E-state index is -0.409. The molecule has 7 heteroatoms. The number of halogens is 2. The average Bonchev–Trinajstić information content (AvgIpc) is 2.27. The van der Waals surface area contributed by atoms with Gasteiger partial charge in [-0.25, -0.2) is 5.43 Å². The van der Waals surface area contributed by atoms with E-state index in [1.54, 1.807) is 12.3 Å². The average molecular weight is 482 g/mol. The Kier molecular flexibility index (Phi) is 6.50. The molecule has 0 atom stereocenters. The van der Waals surface area contributed by atoms with Crippen LogP contribution >= 0.6 is 45.2 Å². The van der Waals surface area contributed by atoms with Gasteiger partial charge in [0.2, 0.25) is 0 Å². The van der Waals surface area contributed by atoms with Crippen LogP contribution in [0.3, 0.4) is 0 Å². The zero-order chi connectivity index (χ0) is 14.4. The van der Waals surface area contributed by atoms with Crippen molar-refractivity contribution in [3.63, 3.8) is 0 Å². The molecule has 0 spiro atoms. The molecule has 1 rings (SSSR count). The van der Waals surface area contributed by atoms with Gasteiger partial charge < -0.3 is 4.90 Å². The number of nitrogens with zero attached hydrogens (tertiary/aromatic N) is 3. The minimum absolute atomic E-state index is 0.189. The lowest BCUT2D eigenvalue weighted by atomic mass is 10.2. The van der Waals surface area contributed by atoms with Gasteiger partial charge in [0.05, 0.1) is 18.0 Å². The number of hydrogen-bond donors (Lipinski definition) is 1. The van der Waals surface area contributed by atoms with Crippen LogP contribution in [-0.4, -0.2) is 26.2 Å². The van der Waals surface area contributed by atoms with Crippen molar-refractivity contribution in [3.8, 4) is 6.07 Å². The summed E-state index contributed by atoms with van der Waals surface area (Å²) >= 11 is 4.53. The molecule has 1 amide bonds. The molecule has 19 heavy (non-hydrogen) atoms. The van der Waals surface area contributed by atoms with Crippen LogP contribution in [0.5, 0.6) is 0 Å². The van der Waals surface area contributed by atoms with Crippen molar-refractivity contribution in [2.45, 2.75) is 6.42 Å². The number of amides is 1. The maximum atomic E-state index is 11.1. The van der Waals surface area contributed by atoms with Crippen molar-refractivity contribution in [1.82, 2.24) is 5.43 Å². The maximum absolute atomic E-state index is 11.1. The largest absolute Gasteiger partial charge is 0.376 e.